The minimum atomic E-state index is 0.822. The summed E-state index contributed by atoms with van der Waals surface area (Å²) in [6.07, 6.45) is 5.72. The summed E-state index contributed by atoms with van der Waals surface area (Å²) in [5.74, 6) is 2.57. The van der Waals surface area contributed by atoms with Crippen LogP contribution in [-0.4, -0.2) is 44.8 Å². The molecular formula is C15H24N6. The second kappa shape index (κ2) is 5.97. The number of anilines is 1. The molecule has 3 rings (SSSR count). The Hall–Kier alpha value is -1.69. The number of likely N-dealkylation sites (tertiary alicyclic amines) is 1. The van der Waals surface area contributed by atoms with Crippen molar-refractivity contribution in [1.29, 1.82) is 0 Å². The van der Waals surface area contributed by atoms with Crippen molar-refractivity contribution in [2.75, 3.05) is 25.5 Å². The summed E-state index contributed by atoms with van der Waals surface area (Å²) in [6.45, 7) is 5.42. The predicted octanol–water partition coefficient (Wildman–Crippen LogP) is 2.03. The monoisotopic (exact) mass is 288 g/mol. The number of nitrogens with zero attached hydrogens (tertiary/aromatic N) is 5. The molecule has 1 aliphatic rings. The zero-order valence-electron chi connectivity index (χ0n) is 13.1. The van der Waals surface area contributed by atoms with Gasteiger partial charge in [-0.25, -0.2) is 9.97 Å². The van der Waals surface area contributed by atoms with E-state index in [-0.39, 0.29) is 0 Å². The maximum absolute atomic E-state index is 4.70. The van der Waals surface area contributed by atoms with E-state index in [9.17, 15) is 0 Å². The fourth-order valence-corrected chi connectivity index (χ4v) is 3.16. The van der Waals surface area contributed by atoms with Crippen molar-refractivity contribution >= 4 is 16.9 Å². The van der Waals surface area contributed by atoms with Crippen LogP contribution in [0.3, 0.4) is 0 Å². The van der Waals surface area contributed by atoms with Gasteiger partial charge in [-0.15, -0.1) is 0 Å². The molecular weight excluding hydrogens is 264 g/mol. The van der Waals surface area contributed by atoms with Crippen LogP contribution in [0.1, 0.15) is 32.0 Å². The fourth-order valence-electron chi connectivity index (χ4n) is 3.16. The van der Waals surface area contributed by atoms with Crippen LogP contribution < -0.4 is 5.32 Å². The number of aryl methyl sites for hydroxylation is 1. The summed E-state index contributed by atoms with van der Waals surface area (Å²) >= 11 is 0. The van der Waals surface area contributed by atoms with Crippen LogP contribution in [0.25, 0.3) is 11.0 Å². The summed E-state index contributed by atoms with van der Waals surface area (Å²) in [5, 5.41) is 8.42. The Morgan fingerprint density at radius 3 is 3.00 bits per heavy atom. The average molecular weight is 288 g/mol. The lowest BCUT2D eigenvalue weighted by Crippen LogP contribution is -2.35. The van der Waals surface area contributed by atoms with Crippen molar-refractivity contribution < 1.29 is 0 Å². The fraction of sp³-hybridized carbons (Fsp3) is 0.667. The molecule has 0 bridgehead atoms. The van der Waals surface area contributed by atoms with Gasteiger partial charge in [0.25, 0.3) is 0 Å². The van der Waals surface area contributed by atoms with Crippen molar-refractivity contribution in [3.05, 3.63) is 12.0 Å². The van der Waals surface area contributed by atoms with E-state index in [2.05, 4.69) is 27.2 Å². The summed E-state index contributed by atoms with van der Waals surface area (Å²) in [4.78, 5) is 11.8. The molecule has 1 saturated heterocycles. The van der Waals surface area contributed by atoms with E-state index in [0.717, 1.165) is 48.2 Å². The standard InChI is InChI=1S/C15H24N6/c1-4-11-6-5-7-21(9-11)10-13-18-14(16-2)12-8-17-20(3)15(12)19-13/h8,11H,4-7,9-10H2,1-3H3,(H,16,18,19). The number of hydrogen-bond acceptors (Lipinski definition) is 5. The van der Waals surface area contributed by atoms with Gasteiger partial charge in [0.1, 0.15) is 11.6 Å². The van der Waals surface area contributed by atoms with E-state index in [4.69, 9.17) is 4.98 Å². The molecule has 0 aromatic carbocycles. The molecule has 1 atom stereocenters. The number of aromatic nitrogens is 4. The summed E-state index contributed by atoms with van der Waals surface area (Å²) < 4.78 is 1.81. The molecule has 0 saturated carbocycles. The molecule has 2 aromatic heterocycles. The SMILES string of the molecule is CCC1CCCN(Cc2nc(NC)c3cnn(C)c3n2)C1. The highest BCUT2D eigenvalue weighted by molar-refractivity contribution is 5.86. The smallest absolute Gasteiger partial charge is 0.163 e. The molecule has 1 N–H and O–H groups in total. The van der Waals surface area contributed by atoms with Gasteiger partial charge >= 0.3 is 0 Å². The van der Waals surface area contributed by atoms with Gasteiger partial charge in [-0.3, -0.25) is 9.58 Å². The normalized spacial score (nSPS) is 20.0. The Morgan fingerprint density at radius 2 is 2.24 bits per heavy atom. The van der Waals surface area contributed by atoms with Gasteiger partial charge in [-0.1, -0.05) is 13.3 Å². The van der Waals surface area contributed by atoms with Crippen LogP contribution in [0.15, 0.2) is 6.20 Å². The van der Waals surface area contributed by atoms with Gasteiger partial charge in [-0.2, -0.15) is 5.10 Å². The highest BCUT2D eigenvalue weighted by atomic mass is 15.3. The van der Waals surface area contributed by atoms with Gasteiger partial charge in [0.2, 0.25) is 0 Å². The summed E-state index contributed by atoms with van der Waals surface area (Å²) in [5.41, 5.74) is 0.897. The summed E-state index contributed by atoms with van der Waals surface area (Å²) in [6, 6.07) is 0. The van der Waals surface area contributed by atoms with Crippen LogP contribution >= 0.6 is 0 Å². The third-order valence-electron chi connectivity index (χ3n) is 4.42. The van der Waals surface area contributed by atoms with E-state index in [1.165, 1.54) is 19.3 Å². The molecule has 21 heavy (non-hydrogen) atoms. The molecule has 6 nitrogen and oxygen atoms in total. The van der Waals surface area contributed by atoms with Crippen molar-refractivity contribution in [3.63, 3.8) is 0 Å². The second-order valence-corrected chi connectivity index (χ2v) is 5.90. The van der Waals surface area contributed by atoms with E-state index in [1.54, 1.807) is 0 Å². The number of nitrogens with one attached hydrogen (secondary N) is 1. The van der Waals surface area contributed by atoms with Crippen LogP contribution in [0, 0.1) is 5.92 Å². The Morgan fingerprint density at radius 1 is 1.38 bits per heavy atom. The molecule has 0 spiro atoms. The third kappa shape index (κ3) is 2.85. The zero-order valence-corrected chi connectivity index (χ0v) is 13.1. The quantitative estimate of drug-likeness (QED) is 0.933. The first kappa shape index (κ1) is 14.3. The van der Waals surface area contributed by atoms with Crippen molar-refractivity contribution in [3.8, 4) is 0 Å². The maximum Gasteiger partial charge on any atom is 0.163 e. The summed E-state index contributed by atoms with van der Waals surface area (Å²) in [7, 11) is 3.82. The molecule has 3 heterocycles. The molecule has 1 fully saturated rings. The predicted molar refractivity (Wildman–Crippen MR) is 84.1 cm³/mol. The van der Waals surface area contributed by atoms with Crippen LogP contribution in [-0.2, 0) is 13.6 Å². The van der Waals surface area contributed by atoms with E-state index in [0.29, 0.717) is 0 Å². The van der Waals surface area contributed by atoms with E-state index >= 15 is 0 Å². The Kier molecular flexibility index (Phi) is 4.05. The Balaban J connectivity index is 1.84. The minimum Gasteiger partial charge on any atom is -0.372 e. The number of rotatable bonds is 4. The molecule has 0 aliphatic carbocycles. The van der Waals surface area contributed by atoms with Gasteiger partial charge in [0, 0.05) is 20.6 Å². The van der Waals surface area contributed by atoms with Crippen LogP contribution in [0.5, 0.6) is 0 Å². The van der Waals surface area contributed by atoms with Crippen molar-refractivity contribution in [1.82, 2.24) is 24.6 Å². The topological polar surface area (TPSA) is 58.9 Å². The van der Waals surface area contributed by atoms with Crippen molar-refractivity contribution in [2.45, 2.75) is 32.7 Å². The molecule has 1 aliphatic heterocycles. The number of fused-ring (bicyclic) bond motifs is 1. The Bertz CT molecular complexity index is 620. The molecule has 0 amide bonds. The zero-order chi connectivity index (χ0) is 14.8. The van der Waals surface area contributed by atoms with Gasteiger partial charge in [0.05, 0.1) is 18.1 Å². The first-order valence-corrected chi connectivity index (χ1v) is 7.80. The number of piperidine rings is 1. The second-order valence-electron chi connectivity index (χ2n) is 5.90. The number of hydrogen-bond donors (Lipinski definition) is 1. The first-order valence-electron chi connectivity index (χ1n) is 7.80. The molecule has 2 aromatic rings. The lowest BCUT2D eigenvalue weighted by atomic mass is 9.96. The van der Waals surface area contributed by atoms with Gasteiger partial charge in [0.15, 0.2) is 5.65 Å². The van der Waals surface area contributed by atoms with E-state index in [1.807, 2.05) is 25.0 Å². The molecule has 1 unspecified atom stereocenters. The lowest BCUT2D eigenvalue weighted by Gasteiger charge is -2.31. The maximum atomic E-state index is 4.70. The van der Waals surface area contributed by atoms with E-state index < -0.39 is 0 Å². The first-order chi connectivity index (χ1) is 10.2. The third-order valence-corrected chi connectivity index (χ3v) is 4.42. The van der Waals surface area contributed by atoms with Crippen LogP contribution in [0.2, 0.25) is 0 Å². The molecule has 0 radical (unpaired) electrons. The molecule has 114 valence electrons. The van der Waals surface area contributed by atoms with Crippen molar-refractivity contribution in [2.24, 2.45) is 13.0 Å². The lowest BCUT2D eigenvalue weighted by molar-refractivity contribution is 0.161. The minimum absolute atomic E-state index is 0.822. The van der Waals surface area contributed by atoms with Gasteiger partial charge < -0.3 is 5.32 Å². The average Bonchev–Trinajstić information content (AvgIpc) is 2.88. The Labute approximate surface area is 125 Å². The highest BCUT2D eigenvalue weighted by Gasteiger charge is 2.20. The van der Waals surface area contributed by atoms with Gasteiger partial charge in [-0.05, 0) is 25.3 Å². The highest BCUT2D eigenvalue weighted by Crippen LogP contribution is 2.22. The largest absolute Gasteiger partial charge is 0.372 e. The molecule has 6 heteroatoms. The van der Waals surface area contributed by atoms with Crippen LogP contribution in [0.4, 0.5) is 5.82 Å².